The van der Waals surface area contributed by atoms with E-state index in [2.05, 4.69) is 11.8 Å². The average molecular weight is 247 g/mol. The van der Waals surface area contributed by atoms with E-state index in [1.807, 2.05) is 26.8 Å². The summed E-state index contributed by atoms with van der Waals surface area (Å²) in [5.41, 5.74) is 7.00. The highest BCUT2D eigenvalue weighted by atomic mass is 16.5. The van der Waals surface area contributed by atoms with E-state index in [1.54, 1.807) is 19.2 Å². The van der Waals surface area contributed by atoms with E-state index in [0.29, 0.717) is 23.4 Å². The topological polar surface area (TPSA) is 55.5 Å². The first-order valence-electron chi connectivity index (χ1n) is 5.95. The van der Waals surface area contributed by atoms with E-state index in [1.165, 1.54) is 0 Å². The summed E-state index contributed by atoms with van der Waals surface area (Å²) in [7, 11) is 1.56. The molecule has 0 heterocycles. The van der Waals surface area contributed by atoms with Crippen molar-refractivity contribution in [3.63, 3.8) is 0 Å². The molecule has 0 aliphatic rings. The van der Waals surface area contributed by atoms with Gasteiger partial charge in [-0.05, 0) is 26.8 Å². The maximum Gasteiger partial charge on any atom is 0.142 e. The van der Waals surface area contributed by atoms with Crippen LogP contribution in [0, 0.1) is 17.3 Å². The largest absolute Gasteiger partial charge is 0.495 e. The summed E-state index contributed by atoms with van der Waals surface area (Å²) in [6.07, 6.45) is -0.316. The highest BCUT2D eigenvalue weighted by Gasteiger charge is 2.13. The Labute approximate surface area is 109 Å². The number of nitrogens with two attached hydrogens (primary N) is 1. The Balaban J connectivity index is 2.84. The maximum absolute atomic E-state index is 10.1. The van der Waals surface area contributed by atoms with Crippen LogP contribution in [0.5, 0.6) is 5.75 Å². The minimum absolute atomic E-state index is 0.0559. The number of aliphatic hydroxyl groups excluding tert-OH is 1. The highest BCUT2D eigenvalue weighted by molar-refractivity contribution is 5.59. The number of methoxy groups -OCH3 is 1. The molecule has 98 valence electrons. The monoisotopic (exact) mass is 247 g/mol. The van der Waals surface area contributed by atoms with Crippen LogP contribution in [0.25, 0.3) is 0 Å². The number of benzene rings is 1. The number of ether oxygens (including phenoxy) is 1. The Hall–Kier alpha value is -1.66. The minimum Gasteiger partial charge on any atom is -0.495 e. The van der Waals surface area contributed by atoms with Crippen LogP contribution in [-0.4, -0.2) is 12.2 Å². The SMILES string of the molecule is COc1cccc(C(O)CC#CC(C)(C)C)c1N. The Morgan fingerprint density at radius 3 is 2.61 bits per heavy atom. The smallest absolute Gasteiger partial charge is 0.142 e. The molecule has 0 saturated heterocycles. The van der Waals surface area contributed by atoms with Gasteiger partial charge < -0.3 is 15.6 Å². The molecule has 1 unspecified atom stereocenters. The summed E-state index contributed by atoms with van der Waals surface area (Å²) in [6, 6.07) is 5.37. The van der Waals surface area contributed by atoms with Gasteiger partial charge in [-0.25, -0.2) is 0 Å². The molecule has 1 atom stereocenters. The summed E-state index contributed by atoms with van der Waals surface area (Å²) < 4.78 is 5.12. The van der Waals surface area contributed by atoms with Gasteiger partial charge >= 0.3 is 0 Å². The van der Waals surface area contributed by atoms with Crippen LogP contribution in [0.15, 0.2) is 18.2 Å². The van der Waals surface area contributed by atoms with Crippen molar-refractivity contribution in [3.8, 4) is 17.6 Å². The van der Waals surface area contributed by atoms with Crippen LogP contribution >= 0.6 is 0 Å². The van der Waals surface area contributed by atoms with E-state index in [-0.39, 0.29) is 5.41 Å². The van der Waals surface area contributed by atoms with Crippen LogP contribution in [0.4, 0.5) is 5.69 Å². The lowest BCUT2D eigenvalue weighted by atomic mass is 9.97. The summed E-state index contributed by atoms with van der Waals surface area (Å²) in [5, 5.41) is 10.1. The number of hydrogen-bond acceptors (Lipinski definition) is 3. The van der Waals surface area contributed by atoms with E-state index in [9.17, 15) is 5.11 Å². The molecule has 3 heteroatoms. The molecular formula is C15H21NO2. The zero-order valence-electron chi connectivity index (χ0n) is 11.4. The Morgan fingerprint density at radius 2 is 2.06 bits per heavy atom. The van der Waals surface area contributed by atoms with Gasteiger partial charge in [0.2, 0.25) is 0 Å². The fourth-order valence-corrected chi connectivity index (χ4v) is 1.55. The molecule has 18 heavy (non-hydrogen) atoms. The zero-order valence-corrected chi connectivity index (χ0v) is 11.4. The van der Waals surface area contributed by atoms with Crippen LogP contribution in [0.3, 0.4) is 0 Å². The van der Waals surface area contributed by atoms with Gasteiger partial charge in [0.25, 0.3) is 0 Å². The minimum atomic E-state index is -0.685. The first-order chi connectivity index (χ1) is 8.35. The molecule has 1 aromatic rings. The van der Waals surface area contributed by atoms with E-state index in [4.69, 9.17) is 10.5 Å². The molecular weight excluding hydrogens is 226 g/mol. The second kappa shape index (κ2) is 5.79. The van der Waals surface area contributed by atoms with Gasteiger partial charge in [0.15, 0.2) is 0 Å². The Morgan fingerprint density at radius 1 is 1.39 bits per heavy atom. The van der Waals surface area contributed by atoms with Crippen LogP contribution in [0.2, 0.25) is 0 Å². The van der Waals surface area contributed by atoms with Gasteiger partial charge in [0, 0.05) is 17.4 Å². The maximum atomic E-state index is 10.1. The van der Waals surface area contributed by atoms with Crippen molar-refractivity contribution in [1.29, 1.82) is 0 Å². The third kappa shape index (κ3) is 3.97. The van der Waals surface area contributed by atoms with Gasteiger partial charge in [0.05, 0.1) is 18.9 Å². The molecule has 3 nitrogen and oxygen atoms in total. The van der Waals surface area contributed by atoms with E-state index >= 15 is 0 Å². The first-order valence-corrected chi connectivity index (χ1v) is 5.95. The molecule has 0 saturated carbocycles. The number of hydrogen-bond donors (Lipinski definition) is 2. The predicted molar refractivity (Wildman–Crippen MR) is 74.2 cm³/mol. The average Bonchev–Trinajstić information content (AvgIpc) is 2.27. The van der Waals surface area contributed by atoms with Crippen molar-refractivity contribution >= 4 is 5.69 Å². The van der Waals surface area contributed by atoms with Gasteiger partial charge in [0.1, 0.15) is 5.75 Å². The Kier molecular flexibility index (Phi) is 4.63. The van der Waals surface area contributed by atoms with Crippen LogP contribution in [0.1, 0.15) is 38.9 Å². The third-order valence-electron chi connectivity index (χ3n) is 2.44. The summed E-state index contributed by atoms with van der Waals surface area (Å²) in [5.74, 6) is 6.66. The molecule has 1 rings (SSSR count). The quantitative estimate of drug-likeness (QED) is 0.638. The molecule has 0 amide bonds. The molecule has 0 spiro atoms. The first kappa shape index (κ1) is 14.4. The van der Waals surface area contributed by atoms with Crippen LogP contribution < -0.4 is 10.5 Å². The summed E-state index contributed by atoms with van der Waals surface area (Å²) in [6.45, 7) is 6.10. The number of para-hydroxylation sites is 1. The summed E-state index contributed by atoms with van der Waals surface area (Å²) in [4.78, 5) is 0. The molecule has 0 aliphatic carbocycles. The molecule has 0 fully saturated rings. The van der Waals surface area contributed by atoms with Crippen molar-refractivity contribution in [2.45, 2.75) is 33.3 Å². The highest BCUT2D eigenvalue weighted by Crippen LogP contribution is 2.30. The lowest BCUT2D eigenvalue weighted by Gasteiger charge is -2.14. The number of anilines is 1. The van der Waals surface area contributed by atoms with Crippen molar-refractivity contribution in [2.24, 2.45) is 5.41 Å². The standard InChI is InChI=1S/C15H21NO2/c1-15(2,3)10-6-8-12(17)11-7-5-9-13(18-4)14(11)16/h5,7,9,12,17H,8,16H2,1-4H3. The van der Waals surface area contributed by atoms with Crippen molar-refractivity contribution in [3.05, 3.63) is 23.8 Å². The predicted octanol–water partition coefficient (Wildman–Crippen LogP) is 2.75. The molecule has 0 aliphatic heterocycles. The van der Waals surface area contributed by atoms with Gasteiger partial charge in [-0.15, -0.1) is 0 Å². The molecule has 0 bridgehead atoms. The van der Waals surface area contributed by atoms with Crippen molar-refractivity contribution < 1.29 is 9.84 Å². The van der Waals surface area contributed by atoms with Crippen LogP contribution in [-0.2, 0) is 0 Å². The zero-order chi connectivity index (χ0) is 13.8. The van der Waals surface area contributed by atoms with Crippen molar-refractivity contribution in [2.75, 3.05) is 12.8 Å². The lowest BCUT2D eigenvalue weighted by Crippen LogP contribution is -2.04. The number of aliphatic hydroxyl groups is 1. The van der Waals surface area contributed by atoms with Crippen molar-refractivity contribution in [1.82, 2.24) is 0 Å². The molecule has 0 radical (unpaired) electrons. The number of nitrogen functional groups attached to an aromatic ring is 1. The van der Waals surface area contributed by atoms with E-state index in [0.717, 1.165) is 0 Å². The fraction of sp³-hybridized carbons (Fsp3) is 0.467. The molecule has 1 aromatic carbocycles. The van der Waals surface area contributed by atoms with Gasteiger partial charge in [-0.3, -0.25) is 0 Å². The lowest BCUT2D eigenvalue weighted by molar-refractivity contribution is 0.184. The van der Waals surface area contributed by atoms with Gasteiger partial charge in [-0.2, -0.15) is 0 Å². The second-order valence-electron chi connectivity index (χ2n) is 5.23. The summed E-state index contributed by atoms with van der Waals surface area (Å²) >= 11 is 0. The van der Waals surface area contributed by atoms with E-state index < -0.39 is 6.10 Å². The third-order valence-corrected chi connectivity index (χ3v) is 2.44. The normalized spacial score (nSPS) is 12.5. The molecule has 3 N–H and O–H groups in total. The number of rotatable bonds is 3. The second-order valence-corrected chi connectivity index (χ2v) is 5.23. The Bertz CT molecular complexity index is 464. The fourth-order valence-electron chi connectivity index (χ4n) is 1.55. The van der Waals surface area contributed by atoms with Gasteiger partial charge in [-0.1, -0.05) is 24.0 Å². The molecule has 0 aromatic heterocycles.